The van der Waals surface area contributed by atoms with Gasteiger partial charge in [-0.15, -0.1) is 0 Å². The monoisotopic (exact) mass is 515 g/mol. The van der Waals surface area contributed by atoms with Gasteiger partial charge >= 0.3 is 11.9 Å². The van der Waals surface area contributed by atoms with Gasteiger partial charge in [0, 0.05) is 36.5 Å². The summed E-state index contributed by atoms with van der Waals surface area (Å²) >= 11 is 7.04. The first kappa shape index (κ1) is 26.1. The number of hydrogen-bond donors (Lipinski definition) is 1. The Hall–Kier alpha value is -2.50. The molecule has 0 atom stereocenters. The normalized spacial score (nSPS) is 12.8. The summed E-state index contributed by atoms with van der Waals surface area (Å²) in [6, 6.07) is 6.97. The zero-order valence-corrected chi connectivity index (χ0v) is 20.5. The van der Waals surface area contributed by atoms with Gasteiger partial charge < -0.3 is 10.3 Å². The molecule has 7 nitrogen and oxygen atoms in total. The Balaban J connectivity index is 2.11. The number of fused-ring (bicyclic) bond motifs is 1. The number of alkyl halides is 3. The number of benzene rings is 1. The van der Waals surface area contributed by atoms with Gasteiger partial charge in [0.15, 0.2) is 16.3 Å². The van der Waals surface area contributed by atoms with Gasteiger partial charge in [-0.1, -0.05) is 47.6 Å². The van der Waals surface area contributed by atoms with E-state index in [-0.39, 0.29) is 29.4 Å². The predicted octanol–water partition coefficient (Wildman–Crippen LogP) is 4.05. The Morgan fingerprint density at radius 3 is 2.38 bits per heavy atom. The number of nitrogens with zero attached hydrogens (tertiary/aromatic N) is 4. The van der Waals surface area contributed by atoms with Crippen LogP contribution in [0.1, 0.15) is 25.8 Å². The summed E-state index contributed by atoms with van der Waals surface area (Å²) in [7, 11) is 1.44. The van der Waals surface area contributed by atoms with Crippen LogP contribution in [-0.2, 0) is 20.1 Å². The van der Waals surface area contributed by atoms with Gasteiger partial charge in [0.05, 0.1) is 6.42 Å². The van der Waals surface area contributed by atoms with E-state index in [2.05, 4.69) is 4.98 Å². The van der Waals surface area contributed by atoms with Crippen LogP contribution in [-0.4, -0.2) is 36.2 Å². The van der Waals surface area contributed by atoms with Crippen molar-refractivity contribution in [1.29, 1.82) is 0 Å². The van der Waals surface area contributed by atoms with Crippen molar-refractivity contribution >= 4 is 40.6 Å². The Morgan fingerprint density at radius 2 is 1.79 bits per heavy atom. The van der Waals surface area contributed by atoms with E-state index in [0.29, 0.717) is 5.02 Å². The van der Waals surface area contributed by atoms with Crippen molar-refractivity contribution in [3.8, 4) is 0 Å². The molecule has 2 aromatic heterocycles. The highest BCUT2D eigenvalue weighted by atomic mass is 35.5. The van der Waals surface area contributed by atoms with Gasteiger partial charge in [0.25, 0.3) is 5.56 Å². The largest absolute Gasteiger partial charge is 0.390 e. The summed E-state index contributed by atoms with van der Waals surface area (Å²) in [5, 5.41) is 0.780. The van der Waals surface area contributed by atoms with E-state index < -0.39 is 35.1 Å². The molecule has 2 N–H and O–H groups in total. The second-order valence-corrected chi connectivity index (χ2v) is 10.5. The fourth-order valence-corrected chi connectivity index (χ4v) is 4.32. The number of halogens is 4. The first-order valence-corrected chi connectivity index (χ1v) is 11.6. The summed E-state index contributed by atoms with van der Waals surface area (Å²) < 4.78 is 42.0. The number of imidazole rings is 1. The summed E-state index contributed by atoms with van der Waals surface area (Å²) in [5.74, 6) is 0. The lowest BCUT2D eigenvalue weighted by atomic mass is 10.2. The number of thioether (sulfide) groups is 1. The summed E-state index contributed by atoms with van der Waals surface area (Å²) in [6.07, 6.45) is -2.23. The Kier molecular flexibility index (Phi) is 7.69. The van der Waals surface area contributed by atoms with Crippen LogP contribution in [0.5, 0.6) is 0 Å². The second kappa shape index (κ2) is 10.0. The van der Waals surface area contributed by atoms with Crippen LogP contribution in [0.15, 0.2) is 45.1 Å². The maximum Gasteiger partial charge on any atom is 0.390 e. The molecule has 0 saturated heterocycles. The minimum Gasteiger partial charge on any atom is -0.329 e. The van der Waals surface area contributed by atoms with E-state index in [1.165, 1.54) is 27.9 Å². The zero-order valence-electron chi connectivity index (χ0n) is 18.9. The molecule has 34 heavy (non-hydrogen) atoms. The van der Waals surface area contributed by atoms with Crippen LogP contribution in [0, 0.1) is 0 Å². The lowest BCUT2D eigenvalue weighted by Gasteiger charge is -2.21. The van der Waals surface area contributed by atoms with E-state index in [1.807, 2.05) is 13.8 Å². The molecule has 0 fully saturated rings. The molecule has 2 heterocycles. The molecule has 3 aromatic rings. The SMILES string of the molecule is Cn1c(=O)n(C/C=C/c2ccc(Cl)cc2)c(=O)c2c1nc(SC(C)(C)CN)n2CCC(F)(F)F. The lowest BCUT2D eigenvalue weighted by Crippen LogP contribution is -2.39. The van der Waals surface area contributed by atoms with Gasteiger partial charge in [0.2, 0.25) is 0 Å². The zero-order chi connectivity index (χ0) is 25.3. The highest BCUT2D eigenvalue weighted by Crippen LogP contribution is 2.33. The highest BCUT2D eigenvalue weighted by molar-refractivity contribution is 8.00. The Bertz CT molecular complexity index is 1320. The minimum atomic E-state index is -4.43. The van der Waals surface area contributed by atoms with Crippen LogP contribution >= 0.6 is 23.4 Å². The van der Waals surface area contributed by atoms with Gasteiger partial charge in [-0.25, -0.2) is 9.78 Å². The third kappa shape index (κ3) is 5.94. The molecule has 0 amide bonds. The summed E-state index contributed by atoms with van der Waals surface area (Å²) in [5.41, 5.74) is 5.26. The number of rotatable bonds is 8. The molecule has 0 aliphatic heterocycles. The van der Waals surface area contributed by atoms with Crippen LogP contribution in [0.4, 0.5) is 13.2 Å². The maximum atomic E-state index is 13.3. The van der Waals surface area contributed by atoms with Gasteiger partial charge in [-0.3, -0.25) is 13.9 Å². The van der Waals surface area contributed by atoms with Crippen molar-refractivity contribution in [3.63, 3.8) is 0 Å². The minimum absolute atomic E-state index is 0.0328. The van der Waals surface area contributed by atoms with Gasteiger partial charge in [-0.2, -0.15) is 13.2 Å². The lowest BCUT2D eigenvalue weighted by molar-refractivity contribution is -0.136. The standard InChI is InChI=1S/C22H25ClF3N5O2S/c1-21(2,13-27)34-19-28-17-16(30(19)12-10-22(24,25)26)18(32)31(20(33)29(17)3)11-4-5-14-6-8-15(23)9-7-14/h4-9H,10-13,27H2,1-3H3/b5-4+. The van der Waals surface area contributed by atoms with E-state index >= 15 is 0 Å². The fraction of sp³-hybridized carbons (Fsp3) is 0.409. The molecule has 184 valence electrons. The highest BCUT2D eigenvalue weighted by Gasteiger charge is 2.30. The van der Waals surface area contributed by atoms with E-state index in [1.54, 1.807) is 36.4 Å². The molecule has 0 unspecified atom stereocenters. The molecule has 0 aliphatic rings. The van der Waals surface area contributed by atoms with E-state index in [9.17, 15) is 22.8 Å². The Labute approximate surface area is 203 Å². The number of hydrogen-bond acceptors (Lipinski definition) is 5. The summed E-state index contributed by atoms with van der Waals surface area (Å²) in [6.45, 7) is 3.31. The second-order valence-electron chi connectivity index (χ2n) is 8.36. The smallest absolute Gasteiger partial charge is 0.329 e. The van der Waals surface area contributed by atoms with Crippen molar-refractivity contribution in [2.75, 3.05) is 6.54 Å². The first-order chi connectivity index (χ1) is 15.8. The quantitative estimate of drug-likeness (QED) is 0.457. The number of aryl methyl sites for hydroxylation is 2. The third-order valence-electron chi connectivity index (χ3n) is 5.14. The average molecular weight is 516 g/mol. The molecular formula is C22H25ClF3N5O2S. The number of nitrogens with two attached hydrogens (primary N) is 1. The predicted molar refractivity (Wildman–Crippen MR) is 129 cm³/mol. The van der Waals surface area contributed by atoms with Crippen molar-refractivity contribution in [2.45, 2.75) is 49.4 Å². The number of allylic oxidation sites excluding steroid dienone is 1. The molecule has 1 aromatic carbocycles. The molecule has 0 radical (unpaired) electrons. The van der Waals surface area contributed by atoms with E-state index in [0.717, 1.165) is 10.1 Å². The topological polar surface area (TPSA) is 87.8 Å². The molecule has 3 rings (SSSR count). The van der Waals surface area contributed by atoms with Crippen molar-refractivity contribution in [1.82, 2.24) is 18.7 Å². The molecule has 0 bridgehead atoms. The third-order valence-corrected chi connectivity index (χ3v) is 6.61. The molecular weight excluding hydrogens is 491 g/mol. The first-order valence-electron chi connectivity index (χ1n) is 10.4. The summed E-state index contributed by atoms with van der Waals surface area (Å²) in [4.78, 5) is 30.6. The molecule has 12 heteroatoms. The van der Waals surface area contributed by atoms with Crippen molar-refractivity contribution in [2.24, 2.45) is 12.8 Å². The maximum absolute atomic E-state index is 13.3. The van der Waals surface area contributed by atoms with E-state index in [4.69, 9.17) is 17.3 Å². The molecule has 0 saturated carbocycles. The Morgan fingerprint density at radius 1 is 1.15 bits per heavy atom. The molecule has 0 aliphatic carbocycles. The van der Waals surface area contributed by atoms with Gasteiger partial charge in [-0.05, 0) is 31.5 Å². The van der Waals surface area contributed by atoms with Crippen LogP contribution in [0.2, 0.25) is 5.02 Å². The average Bonchev–Trinajstić information content (AvgIpc) is 3.11. The van der Waals surface area contributed by atoms with Crippen molar-refractivity contribution < 1.29 is 13.2 Å². The van der Waals surface area contributed by atoms with Crippen molar-refractivity contribution in [3.05, 3.63) is 61.8 Å². The van der Waals surface area contributed by atoms with Gasteiger partial charge in [0.1, 0.15) is 0 Å². The fourth-order valence-electron chi connectivity index (χ4n) is 3.19. The number of aromatic nitrogens is 4. The molecule has 0 spiro atoms. The van der Waals surface area contributed by atoms with Crippen LogP contribution in [0.25, 0.3) is 17.2 Å². The van der Waals surface area contributed by atoms with Crippen LogP contribution in [0.3, 0.4) is 0 Å². The van der Waals surface area contributed by atoms with Crippen LogP contribution < -0.4 is 17.0 Å².